The predicted molar refractivity (Wildman–Crippen MR) is 150 cm³/mol. The van der Waals surface area contributed by atoms with Crippen LogP contribution in [0.5, 0.6) is 11.5 Å². The van der Waals surface area contributed by atoms with Gasteiger partial charge in [0.05, 0.1) is 12.2 Å². The normalized spacial score (nSPS) is 10.8. The summed E-state index contributed by atoms with van der Waals surface area (Å²) >= 11 is 10.3. The van der Waals surface area contributed by atoms with Crippen LogP contribution in [0.1, 0.15) is 43.0 Å². The van der Waals surface area contributed by atoms with Gasteiger partial charge in [-0.15, -0.1) is 0 Å². The number of rotatable bonds is 10. The third kappa shape index (κ3) is 6.30. The van der Waals surface area contributed by atoms with Crippen molar-refractivity contribution in [3.05, 3.63) is 75.6 Å². The molecule has 1 aromatic heterocycles. The minimum Gasteiger partial charge on any atom is -0.506 e. The summed E-state index contributed by atoms with van der Waals surface area (Å²) in [5.74, 6) is 0.686. The van der Waals surface area contributed by atoms with Gasteiger partial charge in [0.1, 0.15) is 22.0 Å². The minimum atomic E-state index is -0.437. The number of unbranched alkanes of at least 4 members (excludes halogenated alkanes) is 3. The Morgan fingerprint density at radius 3 is 2.50 bits per heavy atom. The summed E-state index contributed by atoms with van der Waals surface area (Å²) < 4.78 is 6.95. The number of carbonyl (C=O) groups is 1. The maximum atomic E-state index is 13.2. The van der Waals surface area contributed by atoms with Gasteiger partial charge in [-0.2, -0.15) is 0 Å². The maximum absolute atomic E-state index is 13.2. The van der Waals surface area contributed by atoms with Crippen molar-refractivity contribution in [3.63, 3.8) is 0 Å². The van der Waals surface area contributed by atoms with Gasteiger partial charge in [0.2, 0.25) is 0 Å². The Morgan fingerprint density at radius 2 is 1.72 bits per heavy atom. The van der Waals surface area contributed by atoms with E-state index in [1.807, 2.05) is 24.3 Å². The van der Waals surface area contributed by atoms with E-state index in [-0.39, 0.29) is 11.3 Å². The van der Waals surface area contributed by atoms with E-state index in [0.717, 1.165) is 36.8 Å². The molecular weight excluding hydrogens is 492 g/mol. The second kappa shape index (κ2) is 11.8. The number of aromatic amines is 2. The largest absolute Gasteiger partial charge is 0.506 e. The first kappa shape index (κ1) is 25.4. The Balaban J connectivity index is 1.56. The number of carbonyl (C=O) groups excluding carboxylic acids is 1. The molecule has 4 rings (SSSR count). The van der Waals surface area contributed by atoms with Crippen molar-refractivity contribution in [3.8, 4) is 11.5 Å². The second-order valence-electron chi connectivity index (χ2n) is 8.39. The molecule has 0 fully saturated rings. The molecule has 5 N–H and O–H groups in total. The number of H-pyrrole nitrogens is 2. The fourth-order valence-corrected chi connectivity index (χ4v) is 4.40. The number of aromatic hydroxyl groups is 1. The number of hydrogen-bond donors (Lipinski definition) is 5. The number of ether oxygens (including phenoxy) is 1. The van der Waals surface area contributed by atoms with Crippen molar-refractivity contribution in [1.82, 2.24) is 9.97 Å². The number of anilines is 3. The maximum Gasteiger partial charge on any atom is 0.259 e. The molecule has 4 aromatic rings. The smallest absolute Gasteiger partial charge is 0.259 e. The molecule has 0 bridgehead atoms. The van der Waals surface area contributed by atoms with E-state index in [2.05, 4.69) is 27.5 Å². The highest BCUT2D eigenvalue weighted by Gasteiger charge is 2.18. The van der Waals surface area contributed by atoms with E-state index in [4.69, 9.17) is 29.2 Å². The third-order valence-corrected chi connectivity index (χ3v) is 6.06. The van der Waals surface area contributed by atoms with E-state index in [1.165, 1.54) is 0 Å². The fourth-order valence-electron chi connectivity index (χ4n) is 3.89. The summed E-state index contributed by atoms with van der Waals surface area (Å²) in [7, 11) is 0. The van der Waals surface area contributed by atoms with Crippen LogP contribution in [0.25, 0.3) is 10.8 Å². The number of hydrogen-bond acceptors (Lipinski definition) is 6. The minimum absolute atomic E-state index is 0.0817. The van der Waals surface area contributed by atoms with Crippen LogP contribution >= 0.6 is 24.4 Å². The Bertz CT molecular complexity index is 1470. The second-order valence-corrected chi connectivity index (χ2v) is 9.23. The van der Waals surface area contributed by atoms with Gasteiger partial charge in [-0.1, -0.05) is 68.7 Å². The zero-order valence-corrected chi connectivity index (χ0v) is 21.5. The van der Waals surface area contributed by atoms with Gasteiger partial charge in [0, 0.05) is 28.2 Å². The molecule has 0 unspecified atom stereocenters. The summed E-state index contributed by atoms with van der Waals surface area (Å²) in [4.78, 5) is 19.0. The van der Waals surface area contributed by atoms with Crippen molar-refractivity contribution in [2.45, 2.75) is 32.6 Å². The lowest BCUT2D eigenvalue weighted by Crippen LogP contribution is -2.13. The monoisotopic (exact) mass is 520 g/mol. The molecule has 0 aliphatic carbocycles. The van der Waals surface area contributed by atoms with Crippen LogP contribution in [-0.2, 0) is 0 Å². The number of fused-ring (bicyclic) bond motifs is 1. The van der Waals surface area contributed by atoms with Gasteiger partial charge in [-0.3, -0.25) is 4.79 Å². The van der Waals surface area contributed by atoms with Crippen molar-refractivity contribution in [2.75, 3.05) is 17.2 Å². The van der Waals surface area contributed by atoms with Crippen molar-refractivity contribution in [1.29, 1.82) is 0 Å². The first-order chi connectivity index (χ1) is 17.4. The molecule has 0 atom stereocenters. The quantitative estimate of drug-likeness (QED) is 0.109. The molecule has 0 saturated heterocycles. The first-order valence-corrected chi connectivity index (χ1v) is 12.7. The van der Waals surface area contributed by atoms with Crippen molar-refractivity contribution >= 4 is 58.3 Å². The molecule has 3 aromatic carbocycles. The molecule has 186 valence electrons. The average Bonchev–Trinajstić information content (AvgIpc) is 2.85. The summed E-state index contributed by atoms with van der Waals surface area (Å²) in [5, 5.41) is 18.3. The lowest BCUT2D eigenvalue weighted by atomic mass is 10.0. The van der Waals surface area contributed by atoms with Gasteiger partial charge >= 0.3 is 0 Å². The number of phenolic OH excluding ortho intramolecular Hbond substituents is 1. The zero-order chi connectivity index (χ0) is 25.5. The zero-order valence-electron chi connectivity index (χ0n) is 19.9. The number of phenols is 1. The van der Waals surface area contributed by atoms with E-state index in [9.17, 15) is 9.90 Å². The Hall–Kier alpha value is -3.69. The molecular formula is C27H28N4O3S2. The van der Waals surface area contributed by atoms with Crippen LogP contribution in [-0.4, -0.2) is 27.6 Å². The molecule has 0 radical (unpaired) electrons. The topological polar surface area (TPSA) is 102 Å². The molecule has 7 nitrogen and oxygen atoms in total. The van der Waals surface area contributed by atoms with E-state index in [0.29, 0.717) is 38.7 Å². The molecule has 0 spiro atoms. The molecule has 36 heavy (non-hydrogen) atoms. The Morgan fingerprint density at radius 1 is 0.944 bits per heavy atom. The van der Waals surface area contributed by atoms with E-state index < -0.39 is 5.91 Å². The van der Waals surface area contributed by atoms with Gasteiger partial charge < -0.3 is 30.4 Å². The van der Waals surface area contributed by atoms with Gasteiger partial charge in [-0.05, 0) is 42.9 Å². The average molecular weight is 521 g/mol. The predicted octanol–water partition coefficient (Wildman–Crippen LogP) is 7.62. The first-order valence-electron chi connectivity index (χ1n) is 11.8. The van der Waals surface area contributed by atoms with Crippen LogP contribution in [0.2, 0.25) is 0 Å². The highest BCUT2D eigenvalue weighted by Crippen LogP contribution is 2.36. The van der Waals surface area contributed by atoms with E-state index in [1.54, 1.807) is 36.4 Å². The molecule has 0 aliphatic rings. The molecule has 0 aliphatic heterocycles. The van der Waals surface area contributed by atoms with Crippen LogP contribution in [0, 0.1) is 9.41 Å². The summed E-state index contributed by atoms with van der Waals surface area (Å²) in [6.45, 7) is 2.72. The van der Waals surface area contributed by atoms with E-state index >= 15 is 0 Å². The van der Waals surface area contributed by atoms with Crippen molar-refractivity contribution in [2.24, 2.45) is 0 Å². The van der Waals surface area contributed by atoms with Gasteiger partial charge in [-0.25, -0.2) is 0 Å². The lowest BCUT2D eigenvalue weighted by Gasteiger charge is -2.15. The highest BCUT2D eigenvalue weighted by molar-refractivity contribution is 7.72. The third-order valence-electron chi connectivity index (χ3n) is 5.64. The molecule has 9 heteroatoms. The van der Waals surface area contributed by atoms with Gasteiger partial charge in [0.25, 0.3) is 5.91 Å². The Labute approximate surface area is 219 Å². The van der Waals surface area contributed by atoms with Crippen LogP contribution < -0.4 is 15.4 Å². The summed E-state index contributed by atoms with van der Waals surface area (Å²) in [6, 6.07) is 17.9. The standard InChI is InChI=1S/C27H28N4O3S2/c1-2-3-4-7-13-34-22-15-21(25(32)20-12-6-5-11-19(20)22)26(33)29-18-10-8-9-17(14-18)28-23-16-24(35)31-27(36)30-23/h5-6,8-12,14-16,32H,2-4,7,13H2,1H3,(H,29,33)(H3,28,30,31,35,36). The van der Waals surface area contributed by atoms with Crippen molar-refractivity contribution < 1.29 is 14.6 Å². The van der Waals surface area contributed by atoms with Gasteiger partial charge in [0.15, 0.2) is 4.77 Å². The molecule has 1 heterocycles. The highest BCUT2D eigenvalue weighted by atomic mass is 32.1. The number of nitrogens with one attached hydrogen (secondary N) is 4. The SMILES string of the molecule is CCCCCCOc1cc(C(=O)Nc2cccc(Nc3cc(=S)[nH]c(=S)[nH]3)c2)c(O)c2ccccc12. The molecule has 1 amide bonds. The van der Waals surface area contributed by atoms with Crippen LogP contribution in [0.3, 0.4) is 0 Å². The number of aromatic nitrogens is 2. The van der Waals surface area contributed by atoms with Crippen LogP contribution in [0.15, 0.2) is 60.7 Å². The van der Waals surface area contributed by atoms with Crippen LogP contribution in [0.4, 0.5) is 17.2 Å². The number of amides is 1. The summed E-state index contributed by atoms with van der Waals surface area (Å²) in [6.07, 6.45) is 4.33. The fraction of sp³-hybridized carbons (Fsp3) is 0.222. The lowest BCUT2D eigenvalue weighted by molar-refractivity contribution is 0.102. The number of benzene rings is 3. The summed E-state index contributed by atoms with van der Waals surface area (Å²) in [5.41, 5.74) is 1.42. The Kier molecular flexibility index (Phi) is 8.35. The molecule has 0 saturated carbocycles.